The number of benzene rings is 2. The second-order valence-corrected chi connectivity index (χ2v) is 3.94. The van der Waals surface area contributed by atoms with Gasteiger partial charge < -0.3 is 11.1 Å². The highest BCUT2D eigenvalue weighted by atomic mass is 19.1. The Balaban J connectivity index is 1.98. The Hall–Kier alpha value is -2.89. The highest BCUT2D eigenvalue weighted by Gasteiger charge is 2.07. The summed E-state index contributed by atoms with van der Waals surface area (Å²) in [6.45, 7) is 0. The maximum atomic E-state index is 12.9. The third-order valence-corrected chi connectivity index (χ3v) is 2.39. The van der Waals surface area contributed by atoms with Crippen LogP contribution in [0.15, 0.2) is 59.7 Å². The van der Waals surface area contributed by atoms with E-state index in [2.05, 4.69) is 15.8 Å². The molecule has 0 atom stereocenters. The average Bonchev–Trinajstić information content (AvgIpc) is 2.46. The van der Waals surface area contributed by atoms with E-state index in [4.69, 9.17) is 5.73 Å². The van der Waals surface area contributed by atoms with Gasteiger partial charge in [0.05, 0.1) is 5.69 Å². The molecule has 2 rings (SSSR count). The Labute approximate surface area is 115 Å². The van der Waals surface area contributed by atoms with E-state index in [1.54, 1.807) is 30.3 Å². The van der Waals surface area contributed by atoms with E-state index in [0.29, 0.717) is 11.4 Å². The number of amides is 1. The van der Waals surface area contributed by atoms with E-state index < -0.39 is 11.7 Å². The van der Waals surface area contributed by atoms with Gasteiger partial charge in [-0.25, -0.2) is 4.39 Å². The van der Waals surface area contributed by atoms with Crippen LogP contribution in [0.3, 0.4) is 0 Å². The first-order valence-electron chi connectivity index (χ1n) is 5.86. The topological polar surface area (TPSA) is 79.5 Å². The molecule has 1 amide bonds. The molecule has 102 valence electrons. The number of anilines is 2. The highest BCUT2D eigenvalue weighted by Crippen LogP contribution is 2.09. The van der Waals surface area contributed by atoms with Gasteiger partial charge in [0.2, 0.25) is 5.84 Å². The zero-order valence-corrected chi connectivity index (χ0v) is 10.5. The molecule has 0 saturated heterocycles. The number of nitrogens with zero attached hydrogens (tertiary/aromatic N) is 1. The lowest BCUT2D eigenvalue weighted by Gasteiger charge is -2.05. The SMILES string of the molecule is N/C(=N\Nc1cccc(F)c1)C(=O)Nc1ccccc1. The number of nitrogens with one attached hydrogen (secondary N) is 2. The Morgan fingerprint density at radius 2 is 1.75 bits per heavy atom. The summed E-state index contributed by atoms with van der Waals surface area (Å²) in [5.74, 6) is -1.20. The molecule has 5 nitrogen and oxygen atoms in total. The highest BCUT2D eigenvalue weighted by molar-refractivity contribution is 6.41. The molecule has 0 unspecified atom stereocenters. The number of nitrogens with two attached hydrogens (primary N) is 1. The van der Waals surface area contributed by atoms with Crippen molar-refractivity contribution in [2.24, 2.45) is 10.8 Å². The molecule has 0 aromatic heterocycles. The minimum absolute atomic E-state index is 0.252. The lowest BCUT2D eigenvalue weighted by atomic mass is 10.3. The number of hydrazone groups is 1. The van der Waals surface area contributed by atoms with E-state index in [0.717, 1.165) is 0 Å². The largest absolute Gasteiger partial charge is 0.378 e. The van der Waals surface area contributed by atoms with Crippen molar-refractivity contribution in [3.63, 3.8) is 0 Å². The van der Waals surface area contributed by atoms with E-state index in [1.165, 1.54) is 18.2 Å². The van der Waals surface area contributed by atoms with Gasteiger partial charge in [-0.1, -0.05) is 24.3 Å². The van der Waals surface area contributed by atoms with Gasteiger partial charge in [0, 0.05) is 5.69 Å². The van der Waals surface area contributed by atoms with Gasteiger partial charge in [-0.05, 0) is 30.3 Å². The van der Waals surface area contributed by atoms with Crippen LogP contribution in [-0.4, -0.2) is 11.7 Å². The van der Waals surface area contributed by atoms with Crippen LogP contribution in [0.5, 0.6) is 0 Å². The number of hydrogen-bond acceptors (Lipinski definition) is 3. The molecule has 0 radical (unpaired) electrons. The summed E-state index contributed by atoms with van der Waals surface area (Å²) < 4.78 is 12.9. The maximum absolute atomic E-state index is 12.9. The van der Waals surface area contributed by atoms with Crippen LogP contribution in [0.25, 0.3) is 0 Å². The van der Waals surface area contributed by atoms with Gasteiger partial charge in [-0.3, -0.25) is 10.2 Å². The number of carbonyl (C=O) groups is 1. The summed E-state index contributed by atoms with van der Waals surface area (Å²) in [4.78, 5) is 11.7. The van der Waals surface area contributed by atoms with Crippen molar-refractivity contribution < 1.29 is 9.18 Å². The standard InChI is InChI=1S/C14H13FN4O/c15-10-5-4-8-12(9-10)18-19-13(16)14(20)17-11-6-2-1-3-7-11/h1-9,18H,(H2,16,19)(H,17,20). The van der Waals surface area contributed by atoms with Crippen molar-refractivity contribution in [3.05, 3.63) is 60.4 Å². The molecule has 2 aromatic rings. The van der Waals surface area contributed by atoms with E-state index in [9.17, 15) is 9.18 Å². The predicted octanol–water partition coefficient (Wildman–Crippen LogP) is 2.15. The van der Waals surface area contributed by atoms with Crippen molar-refractivity contribution >= 4 is 23.1 Å². The first-order valence-corrected chi connectivity index (χ1v) is 5.86. The number of para-hydroxylation sites is 1. The van der Waals surface area contributed by atoms with Gasteiger partial charge in [-0.2, -0.15) is 5.10 Å². The molecule has 0 aliphatic heterocycles. The number of carbonyl (C=O) groups excluding carboxylic acids is 1. The van der Waals surface area contributed by atoms with Gasteiger partial charge >= 0.3 is 0 Å². The van der Waals surface area contributed by atoms with Crippen LogP contribution in [0.2, 0.25) is 0 Å². The van der Waals surface area contributed by atoms with E-state index in [-0.39, 0.29) is 5.84 Å². The van der Waals surface area contributed by atoms with Crippen LogP contribution in [0.1, 0.15) is 0 Å². The number of rotatable bonds is 3. The van der Waals surface area contributed by atoms with Crippen molar-refractivity contribution in [2.45, 2.75) is 0 Å². The van der Waals surface area contributed by atoms with Gasteiger partial charge in [0.1, 0.15) is 5.82 Å². The van der Waals surface area contributed by atoms with Crippen molar-refractivity contribution in [1.29, 1.82) is 0 Å². The van der Waals surface area contributed by atoms with Crippen molar-refractivity contribution in [1.82, 2.24) is 0 Å². The van der Waals surface area contributed by atoms with Gasteiger partial charge in [-0.15, -0.1) is 0 Å². The fraction of sp³-hybridized carbons (Fsp3) is 0. The minimum Gasteiger partial charge on any atom is -0.378 e. The predicted molar refractivity (Wildman–Crippen MR) is 76.7 cm³/mol. The molecule has 20 heavy (non-hydrogen) atoms. The summed E-state index contributed by atoms with van der Waals surface area (Å²) in [6.07, 6.45) is 0. The summed E-state index contributed by atoms with van der Waals surface area (Å²) in [5.41, 5.74) is 9.06. The normalized spacial score (nSPS) is 10.9. The lowest BCUT2D eigenvalue weighted by Crippen LogP contribution is -2.31. The van der Waals surface area contributed by atoms with Crippen LogP contribution < -0.4 is 16.5 Å². The molecular formula is C14H13FN4O. The second-order valence-electron chi connectivity index (χ2n) is 3.94. The Morgan fingerprint density at radius 3 is 2.45 bits per heavy atom. The zero-order valence-electron chi connectivity index (χ0n) is 10.5. The monoisotopic (exact) mass is 272 g/mol. The molecular weight excluding hydrogens is 259 g/mol. The van der Waals surface area contributed by atoms with Gasteiger partial charge in [0.25, 0.3) is 5.91 Å². The zero-order chi connectivity index (χ0) is 14.4. The van der Waals surface area contributed by atoms with E-state index >= 15 is 0 Å². The van der Waals surface area contributed by atoms with Crippen LogP contribution in [0.4, 0.5) is 15.8 Å². The number of hydrogen-bond donors (Lipinski definition) is 3. The Morgan fingerprint density at radius 1 is 1.05 bits per heavy atom. The second kappa shape index (κ2) is 6.33. The van der Waals surface area contributed by atoms with Crippen LogP contribution in [-0.2, 0) is 4.79 Å². The van der Waals surface area contributed by atoms with Crippen molar-refractivity contribution in [3.8, 4) is 0 Å². The number of amidine groups is 1. The van der Waals surface area contributed by atoms with Gasteiger partial charge in [0.15, 0.2) is 0 Å². The molecule has 2 aromatic carbocycles. The lowest BCUT2D eigenvalue weighted by molar-refractivity contribution is -0.110. The minimum atomic E-state index is -0.542. The molecule has 6 heteroatoms. The summed E-state index contributed by atoms with van der Waals surface area (Å²) >= 11 is 0. The smallest absolute Gasteiger partial charge is 0.292 e. The molecule has 0 bridgehead atoms. The molecule has 0 aliphatic carbocycles. The molecule has 0 saturated carbocycles. The van der Waals surface area contributed by atoms with Crippen LogP contribution in [0, 0.1) is 5.82 Å². The first kappa shape index (κ1) is 13.5. The third kappa shape index (κ3) is 3.81. The fourth-order valence-corrected chi connectivity index (χ4v) is 1.45. The van der Waals surface area contributed by atoms with Crippen LogP contribution >= 0.6 is 0 Å². The molecule has 0 heterocycles. The maximum Gasteiger partial charge on any atom is 0.292 e. The fourth-order valence-electron chi connectivity index (χ4n) is 1.45. The molecule has 0 fully saturated rings. The summed E-state index contributed by atoms with van der Waals surface area (Å²) in [6, 6.07) is 14.5. The number of halogens is 1. The molecule has 0 spiro atoms. The quantitative estimate of drug-likeness (QED) is 0.455. The first-order chi connectivity index (χ1) is 9.65. The summed E-state index contributed by atoms with van der Waals surface area (Å²) in [5, 5.41) is 6.28. The van der Waals surface area contributed by atoms with Crippen molar-refractivity contribution in [2.75, 3.05) is 10.7 Å². The Kier molecular flexibility index (Phi) is 4.28. The average molecular weight is 272 g/mol. The molecule has 0 aliphatic rings. The van der Waals surface area contributed by atoms with E-state index in [1.807, 2.05) is 6.07 Å². The summed E-state index contributed by atoms with van der Waals surface area (Å²) in [7, 11) is 0. The molecule has 4 N–H and O–H groups in total. The Bertz CT molecular complexity index is 628. The third-order valence-electron chi connectivity index (χ3n) is 2.39.